The highest BCUT2D eigenvalue weighted by Crippen LogP contribution is 2.43. The molecule has 3 unspecified atom stereocenters. The normalized spacial score (nSPS) is 30.1. The second-order valence-corrected chi connectivity index (χ2v) is 6.46. The monoisotopic (exact) mass is 243 g/mol. The molecule has 0 amide bonds. The van der Waals surface area contributed by atoms with Crippen LogP contribution in [-0.4, -0.2) is 0 Å². The zero-order valence-corrected chi connectivity index (χ0v) is 11.4. The van der Waals surface area contributed by atoms with Crippen LogP contribution in [0, 0.1) is 11.8 Å². The molecule has 0 bridgehead atoms. The highest BCUT2D eigenvalue weighted by atomic mass is 14.7. The first kappa shape index (κ1) is 12.2. The predicted molar refractivity (Wildman–Crippen MR) is 76.5 cm³/mol. The Kier molecular flexibility index (Phi) is 3.43. The van der Waals surface area contributed by atoms with Crippen molar-refractivity contribution in [1.82, 2.24) is 0 Å². The summed E-state index contributed by atoms with van der Waals surface area (Å²) in [5.74, 6) is 2.38. The predicted octanol–water partition coefficient (Wildman–Crippen LogP) is 4.39. The minimum atomic E-state index is 0.270. The van der Waals surface area contributed by atoms with Crippen molar-refractivity contribution in [3.05, 3.63) is 35.4 Å². The summed E-state index contributed by atoms with van der Waals surface area (Å²) in [6.07, 6.45) is 8.13. The summed E-state index contributed by atoms with van der Waals surface area (Å²) < 4.78 is 0. The number of benzene rings is 1. The quantitative estimate of drug-likeness (QED) is 0.837. The van der Waals surface area contributed by atoms with Crippen molar-refractivity contribution < 1.29 is 0 Å². The molecule has 0 heterocycles. The Bertz CT molecular complexity index is 408. The van der Waals surface area contributed by atoms with Gasteiger partial charge in [0.1, 0.15) is 0 Å². The number of nitrogens with two attached hydrogens (primary N) is 1. The first-order valence-corrected chi connectivity index (χ1v) is 7.60. The average Bonchev–Trinajstić information content (AvgIpc) is 2.74. The fraction of sp³-hybridized carbons (Fsp3) is 0.647. The standard InChI is InChI=1S/C17H25N/c1-12-9-10-14(11-12)17(18)16-8-3-2-7-15(16)13-5-4-6-13/h2-3,7-8,12-14,17H,4-6,9-11,18H2,1H3. The molecule has 0 radical (unpaired) electrons. The average molecular weight is 243 g/mol. The van der Waals surface area contributed by atoms with Gasteiger partial charge in [0, 0.05) is 6.04 Å². The highest BCUT2D eigenvalue weighted by Gasteiger charge is 2.30. The Labute approximate surface area is 111 Å². The van der Waals surface area contributed by atoms with E-state index in [1.807, 2.05) is 0 Å². The molecule has 18 heavy (non-hydrogen) atoms. The van der Waals surface area contributed by atoms with Crippen molar-refractivity contribution in [2.75, 3.05) is 0 Å². The third kappa shape index (κ3) is 2.21. The lowest BCUT2D eigenvalue weighted by molar-refractivity contribution is 0.395. The molecule has 3 atom stereocenters. The van der Waals surface area contributed by atoms with E-state index in [0.717, 1.165) is 11.8 Å². The van der Waals surface area contributed by atoms with Crippen molar-refractivity contribution in [2.45, 2.75) is 57.4 Å². The van der Waals surface area contributed by atoms with Gasteiger partial charge in [-0.1, -0.05) is 44.0 Å². The van der Waals surface area contributed by atoms with Crippen molar-refractivity contribution in [3.8, 4) is 0 Å². The van der Waals surface area contributed by atoms with Crippen LogP contribution in [0.15, 0.2) is 24.3 Å². The van der Waals surface area contributed by atoms with Gasteiger partial charge < -0.3 is 5.73 Å². The maximum absolute atomic E-state index is 6.58. The van der Waals surface area contributed by atoms with Gasteiger partial charge in [-0.25, -0.2) is 0 Å². The lowest BCUT2D eigenvalue weighted by Crippen LogP contribution is -2.23. The van der Waals surface area contributed by atoms with Crippen LogP contribution in [-0.2, 0) is 0 Å². The Balaban J connectivity index is 1.82. The van der Waals surface area contributed by atoms with Gasteiger partial charge in [0.2, 0.25) is 0 Å². The maximum Gasteiger partial charge on any atom is 0.0326 e. The first-order chi connectivity index (χ1) is 8.75. The van der Waals surface area contributed by atoms with Gasteiger partial charge in [-0.3, -0.25) is 0 Å². The van der Waals surface area contributed by atoms with Gasteiger partial charge in [-0.2, -0.15) is 0 Å². The molecular formula is C17H25N. The van der Waals surface area contributed by atoms with Crippen LogP contribution in [0.25, 0.3) is 0 Å². The molecule has 0 aromatic heterocycles. The van der Waals surface area contributed by atoms with Crippen LogP contribution in [0.2, 0.25) is 0 Å². The molecule has 2 saturated carbocycles. The third-order valence-corrected chi connectivity index (χ3v) is 5.14. The van der Waals surface area contributed by atoms with Gasteiger partial charge in [0.25, 0.3) is 0 Å². The molecule has 2 aliphatic rings. The van der Waals surface area contributed by atoms with E-state index in [1.165, 1.54) is 44.1 Å². The van der Waals surface area contributed by atoms with E-state index < -0.39 is 0 Å². The second kappa shape index (κ2) is 5.05. The van der Waals surface area contributed by atoms with Crippen molar-refractivity contribution in [1.29, 1.82) is 0 Å². The van der Waals surface area contributed by atoms with Gasteiger partial charge in [-0.05, 0) is 54.6 Å². The number of hydrogen-bond donors (Lipinski definition) is 1. The number of rotatable bonds is 3. The molecular weight excluding hydrogens is 218 g/mol. The molecule has 1 aromatic carbocycles. The Morgan fingerprint density at radius 1 is 1.11 bits per heavy atom. The summed E-state index contributed by atoms with van der Waals surface area (Å²) in [6.45, 7) is 2.37. The van der Waals surface area contributed by atoms with Crippen LogP contribution in [0.5, 0.6) is 0 Å². The highest BCUT2D eigenvalue weighted by molar-refractivity contribution is 5.34. The maximum atomic E-state index is 6.58. The van der Waals surface area contributed by atoms with Crippen molar-refractivity contribution in [3.63, 3.8) is 0 Å². The molecule has 1 aromatic rings. The molecule has 0 spiro atoms. The molecule has 3 rings (SSSR count). The number of hydrogen-bond acceptors (Lipinski definition) is 1. The first-order valence-electron chi connectivity index (χ1n) is 7.60. The van der Waals surface area contributed by atoms with Crippen molar-refractivity contribution >= 4 is 0 Å². The molecule has 0 aliphatic heterocycles. The lowest BCUT2D eigenvalue weighted by atomic mass is 9.76. The topological polar surface area (TPSA) is 26.0 Å². The Morgan fingerprint density at radius 3 is 2.50 bits per heavy atom. The zero-order chi connectivity index (χ0) is 12.5. The molecule has 2 N–H and O–H groups in total. The largest absolute Gasteiger partial charge is 0.324 e. The van der Waals surface area contributed by atoms with Gasteiger partial charge in [-0.15, -0.1) is 0 Å². The summed E-state index contributed by atoms with van der Waals surface area (Å²) in [6, 6.07) is 9.21. The Hall–Kier alpha value is -0.820. The van der Waals surface area contributed by atoms with E-state index in [-0.39, 0.29) is 6.04 Å². The third-order valence-electron chi connectivity index (χ3n) is 5.14. The fourth-order valence-electron chi connectivity index (χ4n) is 3.74. The van der Waals surface area contributed by atoms with E-state index >= 15 is 0 Å². The fourth-order valence-corrected chi connectivity index (χ4v) is 3.74. The molecule has 2 aliphatic carbocycles. The van der Waals surface area contributed by atoms with E-state index in [9.17, 15) is 0 Å². The van der Waals surface area contributed by atoms with Crippen LogP contribution in [0.3, 0.4) is 0 Å². The van der Waals surface area contributed by atoms with E-state index in [1.54, 1.807) is 5.56 Å². The zero-order valence-electron chi connectivity index (χ0n) is 11.4. The molecule has 2 fully saturated rings. The van der Waals surface area contributed by atoms with Gasteiger partial charge in [0.05, 0.1) is 0 Å². The minimum Gasteiger partial charge on any atom is -0.324 e. The van der Waals surface area contributed by atoms with E-state index in [4.69, 9.17) is 5.73 Å². The summed E-state index contributed by atoms with van der Waals surface area (Å²) in [7, 11) is 0. The SMILES string of the molecule is CC1CCC(C(N)c2ccccc2C2CCC2)C1. The summed E-state index contributed by atoms with van der Waals surface area (Å²) in [5.41, 5.74) is 9.58. The summed E-state index contributed by atoms with van der Waals surface area (Å²) in [4.78, 5) is 0. The Morgan fingerprint density at radius 2 is 1.89 bits per heavy atom. The van der Waals surface area contributed by atoms with Gasteiger partial charge in [0.15, 0.2) is 0 Å². The van der Waals surface area contributed by atoms with Crippen LogP contribution < -0.4 is 5.73 Å². The molecule has 98 valence electrons. The minimum absolute atomic E-state index is 0.270. The molecule has 1 nitrogen and oxygen atoms in total. The summed E-state index contributed by atoms with van der Waals surface area (Å²) >= 11 is 0. The van der Waals surface area contributed by atoms with E-state index in [2.05, 4.69) is 31.2 Å². The smallest absolute Gasteiger partial charge is 0.0326 e. The van der Waals surface area contributed by atoms with Gasteiger partial charge >= 0.3 is 0 Å². The van der Waals surface area contributed by atoms with Crippen LogP contribution in [0.4, 0.5) is 0 Å². The van der Waals surface area contributed by atoms with Crippen molar-refractivity contribution in [2.24, 2.45) is 17.6 Å². The van der Waals surface area contributed by atoms with Crippen LogP contribution in [0.1, 0.15) is 68.5 Å². The van der Waals surface area contributed by atoms with Crippen LogP contribution >= 0.6 is 0 Å². The summed E-state index contributed by atoms with van der Waals surface area (Å²) in [5, 5.41) is 0. The second-order valence-electron chi connectivity index (χ2n) is 6.46. The molecule has 0 saturated heterocycles. The van der Waals surface area contributed by atoms with E-state index in [0.29, 0.717) is 5.92 Å². The molecule has 1 heteroatoms. The lowest BCUT2D eigenvalue weighted by Gasteiger charge is -2.31.